The first-order chi connectivity index (χ1) is 4.74. The lowest BCUT2D eigenvalue weighted by Gasteiger charge is -2.12. The minimum atomic E-state index is 1.02. The molecule has 0 N–H and O–H groups in total. The first-order valence-electron chi connectivity index (χ1n) is 3.44. The van der Waals surface area contributed by atoms with Gasteiger partial charge in [-0.25, -0.2) is 0 Å². The zero-order valence-electron chi connectivity index (χ0n) is 6.70. The molecule has 0 fully saturated rings. The van der Waals surface area contributed by atoms with E-state index < -0.39 is 0 Å². The highest BCUT2D eigenvalue weighted by atomic mass is 15.3. The largest absolute Gasteiger partial charge is 0.372 e. The van der Waals surface area contributed by atoms with Crippen molar-refractivity contribution in [2.75, 3.05) is 18.5 Å². The van der Waals surface area contributed by atoms with Crippen LogP contribution in [0.2, 0.25) is 0 Å². The quantitative estimate of drug-likeness (QED) is 0.606. The van der Waals surface area contributed by atoms with Gasteiger partial charge in [-0.15, -0.1) is 0 Å². The van der Waals surface area contributed by atoms with Crippen LogP contribution in [0, 0.1) is 0 Å². The van der Waals surface area contributed by atoms with Crippen LogP contribution in [0.1, 0.15) is 6.92 Å². The summed E-state index contributed by atoms with van der Waals surface area (Å²) >= 11 is 0. The van der Waals surface area contributed by atoms with Gasteiger partial charge in [-0.2, -0.15) is 5.10 Å². The number of hydrogen-bond acceptors (Lipinski definition) is 2. The second kappa shape index (κ2) is 2.73. The summed E-state index contributed by atoms with van der Waals surface area (Å²) in [5, 5.41) is 4.06. The lowest BCUT2D eigenvalue weighted by molar-refractivity contribution is 0.767. The number of hydrogen-bond donors (Lipinski definition) is 0. The maximum absolute atomic E-state index is 4.06. The average molecular weight is 139 g/mol. The van der Waals surface area contributed by atoms with Gasteiger partial charge in [0.15, 0.2) is 0 Å². The fourth-order valence-corrected chi connectivity index (χ4v) is 0.788. The molecule has 10 heavy (non-hydrogen) atoms. The summed E-state index contributed by atoms with van der Waals surface area (Å²) in [7, 11) is 3.98. The molecular formula is C7H13N3. The summed E-state index contributed by atoms with van der Waals surface area (Å²) in [5.74, 6) is 0. The number of rotatable bonds is 2. The van der Waals surface area contributed by atoms with E-state index >= 15 is 0 Å². The Labute approximate surface area is 61.3 Å². The van der Waals surface area contributed by atoms with Crippen LogP contribution in [0.5, 0.6) is 0 Å². The molecule has 3 nitrogen and oxygen atoms in total. The SMILES string of the molecule is CCN(C)c1cnn(C)c1. The normalized spacial score (nSPS) is 9.90. The predicted octanol–water partition coefficient (Wildman–Crippen LogP) is 0.876. The minimum Gasteiger partial charge on any atom is -0.372 e. The number of nitrogens with zero attached hydrogens (tertiary/aromatic N) is 3. The van der Waals surface area contributed by atoms with Gasteiger partial charge in [0.05, 0.1) is 11.9 Å². The maximum atomic E-state index is 4.06. The average Bonchev–Trinajstić information content (AvgIpc) is 2.34. The van der Waals surface area contributed by atoms with Crippen molar-refractivity contribution in [3.8, 4) is 0 Å². The Kier molecular flexibility index (Phi) is 1.94. The summed E-state index contributed by atoms with van der Waals surface area (Å²) in [6, 6.07) is 0. The zero-order chi connectivity index (χ0) is 7.56. The van der Waals surface area contributed by atoms with Crippen LogP contribution in [0.25, 0.3) is 0 Å². The number of aryl methyl sites for hydroxylation is 1. The molecule has 0 aliphatic heterocycles. The van der Waals surface area contributed by atoms with Gasteiger partial charge >= 0.3 is 0 Å². The Balaban J connectivity index is 2.74. The Bertz CT molecular complexity index is 204. The minimum absolute atomic E-state index is 1.02. The molecule has 56 valence electrons. The van der Waals surface area contributed by atoms with Crippen molar-refractivity contribution in [1.29, 1.82) is 0 Å². The molecule has 0 spiro atoms. The molecule has 0 unspecified atom stereocenters. The van der Waals surface area contributed by atoms with Crippen molar-refractivity contribution in [1.82, 2.24) is 9.78 Å². The van der Waals surface area contributed by atoms with E-state index in [9.17, 15) is 0 Å². The predicted molar refractivity (Wildman–Crippen MR) is 42.2 cm³/mol. The molecule has 0 aliphatic rings. The smallest absolute Gasteiger partial charge is 0.0749 e. The van der Waals surface area contributed by atoms with Crippen LogP contribution >= 0.6 is 0 Å². The summed E-state index contributed by atoms with van der Waals surface area (Å²) in [5.41, 5.74) is 1.17. The Hall–Kier alpha value is -0.990. The highest BCUT2D eigenvalue weighted by Gasteiger charge is 1.97. The van der Waals surface area contributed by atoms with E-state index in [0.29, 0.717) is 0 Å². The van der Waals surface area contributed by atoms with Gasteiger partial charge in [0, 0.05) is 26.8 Å². The molecule has 3 heteroatoms. The Morgan fingerprint density at radius 1 is 1.70 bits per heavy atom. The van der Waals surface area contributed by atoms with Crippen LogP contribution in [-0.2, 0) is 7.05 Å². The van der Waals surface area contributed by atoms with Gasteiger partial charge in [-0.05, 0) is 6.92 Å². The number of aromatic nitrogens is 2. The van der Waals surface area contributed by atoms with E-state index in [4.69, 9.17) is 0 Å². The van der Waals surface area contributed by atoms with Crippen molar-refractivity contribution in [3.63, 3.8) is 0 Å². The second-order valence-corrected chi connectivity index (χ2v) is 2.39. The Morgan fingerprint density at radius 3 is 2.80 bits per heavy atom. The summed E-state index contributed by atoms with van der Waals surface area (Å²) in [4.78, 5) is 2.15. The van der Waals surface area contributed by atoms with Crippen LogP contribution in [-0.4, -0.2) is 23.4 Å². The van der Waals surface area contributed by atoms with Crippen molar-refractivity contribution < 1.29 is 0 Å². The van der Waals surface area contributed by atoms with Gasteiger partial charge in [0.2, 0.25) is 0 Å². The second-order valence-electron chi connectivity index (χ2n) is 2.39. The molecule has 1 heterocycles. The molecule has 1 rings (SSSR count). The molecule has 0 radical (unpaired) electrons. The van der Waals surface area contributed by atoms with Gasteiger partial charge in [0.25, 0.3) is 0 Å². The van der Waals surface area contributed by atoms with E-state index in [1.165, 1.54) is 5.69 Å². The summed E-state index contributed by atoms with van der Waals surface area (Å²) < 4.78 is 1.81. The van der Waals surface area contributed by atoms with Crippen molar-refractivity contribution >= 4 is 5.69 Å². The fourth-order valence-electron chi connectivity index (χ4n) is 0.788. The van der Waals surface area contributed by atoms with E-state index in [2.05, 4.69) is 24.0 Å². The first-order valence-corrected chi connectivity index (χ1v) is 3.44. The lowest BCUT2D eigenvalue weighted by atomic mass is 10.5. The van der Waals surface area contributed by atoms with Crippen LogP contribution < -0.4 is 4.90 Å². The molecule has 1 aromatic heterocycles. The molecular weight excluding hydrogens is 126 g/mol. The van der Waals surface area contributed by atoms with Crippen molar-refractivity contribution in [3.05, 3.63) is 12.4 Å². The molecule has 0 amide bonds. The van der Waals surface area contributed by atoms with E-state index in [-0.39, 0.29) is 0 Å². The third-order valence-electron chi connectivity index (χ3n) is 1.61. The summed E-state index contributed by atoms with van der Waals surface area (Å²) in [6.07, 6.45) is 3.87. The molecule has 0 aliphatic carbocycles. The van der Waals surface area contributed by atoms with Crippen LogP contribution in [0.15, 0.2) is 12.4 Å². The van der Waals surface area contributed by atoms with Gasteiger partial charge < -0.3 is 4.90 Å². The number of anilines is 1. The maximum Gasteiger partial charge on any atom is 0.0749 e. The van der Waals surface area contributed by atoms with E-state index in [1.807, 2.05) is 24.1 Å². The Morgan fingerprint density at radius 2 is 2.40 bits per heavy atom. The highest BCUT2D eigenvalue weighted by molar-refractivity contribution is 5.40. The monoisotopic (exact) mass is 139 g/mol. The molecule has 0 aromatic carbocycles. The summed E-state index contributed by atoms with van der Waals surface area (Å²) in [6.45, 7) is 3.14. The van der Waals surface area contributed by atoms with E-state index in [1.54, 1.807) is 0 Å². The van der Waals surface area contributed by atoms with Crippen LogP contribution in [0.4, 0.5) is 5.69 Å². The van der Waals surface area contributed by atoms with Gasteiger partial charge in [0.1, 0.15) is 0 Å². The van der Waals surface area contributed by atoms with Crippen LogP contribution in [0.3, 0.4) is 0 Å². The van der Waals surface area contributed by atoms with E-state index in [0.717, 1.165) is 6.54 Å². The zero-order valence-corrected chi connectivity index (χ0v) is 6.70. The molecule has 0 saturated heterocycles. The standard InChI is InChI=1S/C7H13N3/c1-4-9(2)7-5-8-10(3)6-7/h5-6H,4H2,1-3H3. The van der Waals surface area contributed by atoms with Gasteiger partial charge in [-0.1, -0.05) is 0 Å². The topological polar surface area (TPSA) is 21.1 Å². The molecule has 0 saturated carbocycles. The molecule has 0 atom stereocenters. The molecule has 0 bridgehead atoms. The fraction of sp³-hybridized carbons (Fsp3) is 0.571. The first kappa shape index (κ1) is 7.12. The third-order valence-corrected chi connectivity index (χ3v) is 1.61. The highest BCUT2D eigenvalue weighted by Crippen LogP contribution is 2.07. The van der Waals surface area contributed by atoms with Crippen molar-refractivity contribution in [2.45, 2.75) is 6.92 Å². The third kappa shape index (κ3) is 1.29. The van der Waals surface area contributed by atoms with Gasteiger partial charge in [-0.3, -0.25) is 4.68 Å². The molecule has 1 aromatic rings. The van der Waals surface area contributed by atoms with Crippen molar-refractivity contribution in [2.24, 2.45) is 7.05 Å². The lowest BCUT2D eigenvalue weighted by Crippen LogP contribution is -2.14.